The Balaban J connectivity index is 2.19. The second-order valence-corrected chi connectivity index (χ2v) is 11.7. The van der Waals surface area contributed by atoms with Gasteiger partial charge in [0.15, 0.2) is 0 Å². The molecule has 2 aromatic carbocycles. The highest BCUT2D eigenvalue weighted by Crippen LogP contribution is 2.22. The fourth-order valence-corrected chi connectivity index (χ4v) is 4.96. The van der Waals surface area contributed by atoms with Crippen molar-refractivity contribution in [3.63, 3.8) is 0 Å². The lowest BCUT2D eigenvalue weighted by molar-refractivity contribution is -0.141. The third kappa shape index (κ3) is 8.66. The van der Waals surface area contributed by atoms with Gasteiger partial charge in [-0.2, -0.15) is 0 Å². The third-order valence-electron chi connectivity index (χ3n) is 6.20. The quantitative estimate of drug-likeness (QED) is 0.428. The van der Waals surface area contributed by atoms with Crippen molar-refractivity contribution in [2.24, 2.45) is 5.92 Å². The number of hydrogen-bond acceptors (Lipinski definition) is 4. The van der Waals surface area contributed by atoms with E-state index in [2.05, 4.69) is 5.32 Å². The van der Waals surface area contributed by atoms with Crippen molar-refractivity contribution < 1.29 is 18.0 Å². The molecule has 0 bridgehead atoms. The van der Waals surface area contributed by atoms with Crippen molar-refractivity contribution in [1.29, 1.82) is 0 Å². The van der Waals surface area contributed by atoms with Crippen LogP contribution in [-0.2, 0) is 26.2 Å². The van der Waals surface area contributed by atoms with Gasteiger partial charge < -0.3 is 10.2 Å². The fourth-order valence-electron chi connectivity index (χ4n) is 4.01. The number of carbonyl (C=O) groups is 2. The van der Waals surface area contributed by atoms with E-state index in [9.17, 15) is 18.0 Å². The number of anilines is 1. The zero-order chi connectivity index (χ0) is 26.9. The number of aryl methyl sites for hydroxylation is 2. The van der Waals surface area contributed by atoms with Crippen LogP contribution in [0.1, 0.15) is 56.7 Å². The molecule has 1 N–H and O–H groups in total. The Bertz CT molecular complexity index is 1120. The fraction of sp³-hybridized carbons (Fsp3) is 0.500. The van der Waals surface area contributed by atoms with E-state index in [1.165, 1.54) is 10.6 Å². The number of benzene rings is 2. The average molecular weight is 516 g/mol. The van der Waals surface area contributed by atoms with E-state index in [1.807, 2.05) is 77.1 Å². The zero-order valence-corrected chi connectivity index (χ0v) is 23.3. The highest BCUT2D eigenvalue weighted by molar-refractivity contribution is 7.92. The molecule has 0 heterocycles. The Morgan fingerprint density at radius 3 is 2.22 bits per heavy atom. The van der Waals surface area contributed by atoms with Crippen LogP contribution in [0.5, 0.6) is 0 Å². The van der Waals surface area contributed by atoms with Gasteiger partial charge in [0.05, 0.1) is 11.9 Å². The summed E-state index contributed by atoms with van der Waals surface area (Å²) in [5.74, 6) is -0.0283. The molecule has 2 rings (SSSR count). The molecule has 0 aliphatic heterocycles. The molecule has 198 valence electrons. The molecular formula is C28H41N3O4S. The topological polar surface area (TPSA) is 86.8 Å². The number of nitrogens with one attached hydrogen (secondary N) is 1. The number of rotatable bonds is 13. The lowest BCUT2D eigenvalue weighted by Crippen LogP contribution is -2.49. The molecule has 2 amide bonds. The molecule has 0 fully saturated rings. The molecule has 0 aliphatic carbocycles. The van der Waals surface area contributed by atoms with Crippen LogP contribution in [0, 0.1) is 19.8 Å². The first kappa shape index (κ1) is 29.4. The van der Waals surface area contributed by atoms with Gasteiger partial charge in [-0.1, -0.05) is 57.2 Å². The van der Waals surface area contributed by atoms with Gasteiger partial charge in [-0.15, -0.1) is 0 Å². The summed E-state index contributed by atoms with van der Waals surface area (Å²) < 4.78 is 26.4. The van der Waals surface area contributed by atoms with E-state index in [0.717, 1.165) is 16.7 Å². The Morgan fingerprint density at radius 1 is 1.00 bits per heavy atom. The van der Waals surface area contributed by atoms with Crippen LogP contribution >= 0.6 is 0 Å². The minimum atomic E-state index is -3.52. The first-order chi connectivity index (χ1) is 16.9. The van der Waals surface area contributed by atoms with Gasteiger partial charge in [0, 0.05) is 26.1 Å². The van der Waals surface area contributed by atoms with Crippen LogP contribution in [0.15, 0.2) is 48.5 Å². The minimum Gasteiger partial charge on any atom is -0.354 e. The van der Waals surface area contributed by atoms with Crippen molar-refractivity contribution in [2.45, 2.75) is 66.5 Å². The van der Waals surface area contributed by atoms with Crippen molar-refractivity contribution >= 4 is 27.5 Å². The third-order valence-corrected chi connectivity index (χ3v) is 7.39. The molecule has 0 saturated carbocycles. The summed E-state index contributed by atoms with van der Waals surface area (Å²) in [6, 6.07) is 14.5. The van der Waals surface area contributed by atoms with Crippen molar-refractivity contribution in [3.8, 4) is 0 Å². The van der Waals surface area contributed by atoms with Crippen LogP contribution < -0.4 is 9.62 Å². The summed E-state index contributed by atoms with van der Waals surface area (Å²) in [5.41, 5.74) is 3.62. The van der Waals surface area contributed by atoms with Gasteiger partial charge in [0.25, 0.3) is 0 Å². The molecule has 0 saturated heterocycles. The summed E-state index contributed by atoms with van der Waals surface area (Å²) in [4.78, 5) is 28.0. The van der Waals surface area contributed by atoms with E-state index >= 15 is 0 Å². The Morgan fingerprint density at radius 2 is 1.67 bits per heavy atom. The zero-order valence-electron chi connectivity index (χ0n) is 22.5. The number of hydrogen-bond donors (Lipinski definition) is 1. The van der Waals surface area contributed by atoms with Crippen LogP contribution in [0.4, 0.5) is 5.69 Å². The molecule has 7 nitrogen and oxygen atoms in total. The lowest BCUT2D eigenvalue weighted by atomic mass is 10.1. The van der Waals surface area contributed by atoms with Crippen molar-refractivity contribution in [2.75, 3.05) is 23.7 Å². The summed E-state index contributed by atoms with van der Waals surface area (Å²) in [7, 11) is -3.52. The summed E-state index contributed by atoms with van der Waals surface area (Å²) in [6.07, 6.45) is 2.14. The molecule has 0 aliphatic rings. The number of carbonyl (C=O) groups excluding carboxylic acids is 2. The summed E-state index contributed by atoms with van der Waals surface area (Å²) >= 11 is 0. The van der Waals surface area contributed by atoms with E-state index in [-0.39, 0.29) is 24.8 Å². The first-order valence-electron chi connectivity index (χ1n) is 12.6. The number of nitrogens with zero attached hydrogens (tertiary/aromatic N) is 2. The molecular weight excluding hydrogens is 474 g/mol. The molecule has 1 atom stereocenters. The normalized spacial score (nSPS) is 12.3. The average Bonchev–Trinajstić information content (AvgIpc) is 2.82. The van der Waals surface area contributed by atoms with Crippen molar-refractivity contribution in [1.82, 2.24) is 10.2 Å². The van der Waals surface area contributed by atoms with Crippen molar-refractivity contribution in [3.05, 3.63) is 65.2 Å². The monoisotopic (exact) mass is 515 g/mol. The second-order valence-electron chi connectivity index (χ2n) is 9.78. The molecule has 0 aromatic heterocycles. The lowest BCUT2D eigenvalue weighted by Gasteiger charge is -2.31. The van der Waals surface area contributed by atoms with Crippen LogP contribution in [0.2, 0.25) is 0 Å². The van der Waals surface area contributed by atoms with Gasteiger partial charge in [-0.25, -0.2) is 8.42 Å². The maximum Gasteiger partial charge on any atom is 0.242 e. The summed E-state index contributed by atoms with van der Waals surface area (Å²) in [5, 5.41) is 2.96. The molecule has 0 radical (unpaired) electrons. The van der Waals surface area contributed by atoms with E-state index < -0.39 is 16.1 Å². The number of sulfonamides is 1. The predicted octanol–water partition coefficient (Wildman–Crippen LogP) is 4.43. The highest BCUT2D eigenvalue weighted by atomic mass is 32.2. The maximum absolute atomic E-state index is 13.4. The van der Waals surface area contributed by atoms with Crippen LogP contribution in [-0.4, -0.2) is 50.5 Å². The van der Waals surface area contributed by atoms with E-state index in [1.54, 1.807) is 11.0 Å². The van der Waals surface area contributed by atoms with Crippen LogP contribution in [0.25, 0.3) is 0 Å². The molecule has 0 spiro atoms. The Kier molecular flexibility index (Phi) is 11.0. The van der Waals surface area contributed by atoms with E-state index in [0.29, 0.717) is 37.5 Å². The molecule has 2 aromatic rings. The van der Waals surface area contributed by atoms with Gasteiger partial charge >= 0.3 is 0 Å². The Labute approximate surface area is 216 Å². The van der Waals surface area contributed by atoms with Crippen LogP contribution in [0.3, 0.4) is 0 Å². The van der Waals surface area contributed by atoms with E-state index in [4.69, 9.17) is 0 Å². The standard InChI is InChI=1S/C28H41N3O4S/c1-7-26(28(33)29-19-21(2)3)30(20-24-12-9-8-10-13-24)27(32)14-11-17-31(36(6,34)35)25-16-15-22(4)23(5)18-25/h8-10,12-13,15-16,18,21,26H,7,11,14,17,19-20H2,1-6H3,(H,29,33)/t26-/m0/s1. The largest absolute Gasteiger partial charge is 0.354 e. The highest BCUT2D eigenvalue weighted by Gasteiger charge is 2.29. The maximum atomic E-state index is 13.4. The second kappa shape index (κ2) is 13.4. The molecule has 0 unspecified atom stereocenters. The SMILES string of the molecule is CC[C@@H](C(=O)NCC(C)C)N(Cc1ccccc1)C(=O)CCCN(c1ccc(C)c(C)c1)S(C)(=O)=O. The van der Waals surface area contributed by atoms with Gasteiger partial charge in [0.1, 0.15) is 6.04 Å². The summed E-state index contributed by atoms with van der Waals surface area (Å²) in [6.45, 7) is 10.9. The van der Waals surface area contributed by atoms with Gasteiger partial charge in [0.2, 0.25) is 21.8 Å². The predicted molar refractivity (Wildman–Crippen MR) is 146 cm³/mol. The molecule has 8 heteroatoms. The smallest absolute Gasteiger partial charge is 0.242 e. The number of amides is 2. The minimum absolute atomic E-state index is 0.137. The molecule has 36 heavy (non-hydrogen) atoms. The first-order valence-corrected chi connectivity index (χ1v) is 14.4. The van der Waals surface area contributed by atoms with Gasteiger partial charge in [-0.3, -0.25) is 13.9 Å². The Hall–Kier alpha value is -2.87. The van der Waals surface area contributed by atoms with Gasteiger partial charge in [-0.05, 0) is 61.4 Å².